The number of nitrogens with zero attached hydrogens (tertiary/aromatic N) is 2. The number of hydrogen-bond acceptors (Lipinski definition) is 4. The molecule has 2 aromatic rings. The van der Waals surface area contributed by atoms with Crippen molar-refractivity contribution in [1.82, 2.24) is 20.4 Å². The minimum Gasteiger partial charge on any atom is -0.355 e. The molecule has 1 amide bonds. The highest BCUT2D eigenvalue weighted by atomic mass is 35.5. The van der Waals surface area contributed by atoms with Gasteiger partial charge in [-0.1, -0.05) is 29.8 Å². The van der Waals surface area contributed by atoms with E-state index in [0.717, 1.165) is 30.2 Å². The Morgan fingerprint density at radius 1 is 1.35 bits per heavy atom. The molecule has 1 fully saturated rings. The number of carbonyl (C=O) groups is 1. The number of aromatic nitrogens is 2. The standard InChI is InChI=1S/C19H26N4OS.ClH/c1-14-3-5-15(6-4-14)13-25-8-7-21-19(24)18-11-20-10-17(18)16-9-22-23(2)12-16;/h3-6,9,12,17-18,20H,7-8,10-11,13H2,1-2H3,(H,21,24);1H/t17-,18+;/m1./s1. The Morgan fingerprint density at radius 3 is 2.81 bits per heavy atom. The van der Waals surface area contributed by atoms with Crippen LogP contribution >= 0.6 is 24.2 Å². The van der Waals surface area contributed by atoms with Crippen molar-refractivity contribution in [2.24, 2.45) is 13.0 Å². The summed E-state index contributed by atoms with van der Waals surface area (Å²) >= 11 is 1.85. The molecule has 1 aromatic carbocycles. The summed E-state index contributed by atoms with van der Waals surface area (Å²) in [6, 6.07) is 8.62. The highest BCUT2D eigenvalue weighted by Crippen LogP contribution is 2.27. The quantitative estimate of drug-likeness (QED) is 0.708. The van der Waals surface area contributed by atoms with Gasteiger partial charge in [0.2, 0.25) is 5.91 Å². The molecule has 0 radical (unpaired) electrons. The van der Waals surface area contributed by atoms with Crippen LogP contribution in [0.5, 0.6) is 0 Å². The molecule has 0 aliphatic carbocycles. The molecule has 0 saturated carbocycles. The van der Waals surface area contributed by atoms with Crippen LogP contribution in [0.3, 0.4) is 0 Å². The van der Waals surface area contributed by atoms with Crippen molar-refractivity contribution in [3.63, 3.8) is 0 Å². The van der Waals surface area contributed by atoms with Gasteiger partial charge in [0.1, 0.15) is 0 Å². The zero-order valence-electron chi connectivity index (χ0n) is 15.3. The predicted molar refractivity (Wildman–Crippen MR) is 110 cm³/mol. The fourth-order valence-electron chi connectivity index (χ4n) is 3.19. The molecule has 0 spiro atoms. The molecule has 142 valence electrons. The topological polar surface area (TPSA) is 59.0 Å². The summed E-state index contributed by atoms with van der Waals surface area (Å²) in [5, 5.41) is 10.7. The van der Waals surface area contributed by atoms with E-state index >= 15 is 0 Å². The molecule has 3 rings (SSSR count). The number of nitrogens with one attached hydrogen (secondary N) is 2. The van der Waals surface area contributed by atoms with E-state index in [1.54, 1.807) is 4.68 Å². The molecule has 0 unspecified atom stereocenters. The lowest BCUT2D eigenvalue weighted by atomic mass is 9.90. The van der Waals surface area contributed by atoms with E-state index in [1.807, 2.05) is 31.2 Å². The van der Waals surface area contributed by atoms with Crippen LogP contribution in [0.15, 0.2) is 36.7 Å². The maximum absolute atomic E-state index is 12.5. The highest BCUT2D eigenvalue weighted by Gasteiger charge is 2.34. The zero-order chi connectivity index (χ0) is 17.6. The summed E-state index contributed by atoms with van der Waals surface area (Å²) in [6.07, 6.45) is 3.88. The first-order valence-electron chi connectivity index (χ1n) is 8.74. The molecule has 1 aromatic heterocycles. The summed E-state index contributed by atoms with van der Waals surface area (Å²) in [5.41, 5.74) is 3.76. The van der Waals surface area contributed by atoms with Crippen LogP contribution in [0.4, 0.5) is 0 Å². The predicted octanol–water partition coefficient (Wildman–Crippen LogP) is 2.50. The van der Waals surface area contributed by atoms with Gasteiger partial charge in [0.25, 0.3) is 0 Å². The van der Waals surface area contributed by atoms with Gasteiger partial charge in [0.15, 0.2) is 0 Å². The van der Waals surface area contributed by atoms with E-state index in [0.29, 0.717) is 6.54 Å². The van der Waals surface area contributed by atoms with E-state index in [-0.39, 0.29) is 30.2 Å². The van der Waals surface area contributed by atoms with E-state index in [9.17, 15) is 4.79 Å². The Hall–Kier alpha value is -1.50. The van der Waals surface area contributed by atoms with Crippen molar-refractivity contribution in [1.29, 1.82) is 0 Å². The maximum atomic E-state index is 12.5. The summed E-state index contributed by atoms with van der Waals surface area (Å²) < 4.78 is 1.80. The number of halogens is 1. The monoisotopic (exact) mass is 394 g/mol. The second kappa shape index (κ2) is 10.00. The summed E-state index contributed by atoms with van der Waals surface area (Å²) in [7, 11) is 1.91. The molecule has 2 N–H and O–H groups in total. The van der Waals surface area contributed by atoms with Gasteiger partial charge in [-0.15, -0.1) is 12.4 Å². The largest absolute Gasteiger partial charge is 0.355 e. The van der Waals surface area contributed by atoms with Crippen LogP contribution in [0.1, 0.15) is 22.6 Å². The lowest BCUT2D eigenvalue weighted by Crippen LogP contribution is -2.35. The first kappa shape index (κ1) is 20.8. The van der Waals surface area contributed by atoms with Gasteiger partial charge in [-0.05, 0) is 18.1 Å². The Morgan fingerprint density at radius 2 is 2.12 bits per heavy atom. The zero-order valence-corrected chi connectivity index (χ0v) is 16.9. The summed E-state index contributed by atoms with van der Waals surface area (Å²) in [6.45, 7) is 4.39. The smallest absolute Gasteiger partial charge is 0.225 e. The molecular weight excluding hydrogens is 368 g/mol. The molecule has 0 bridgehead atoms. The maximum Gasteiger partial charge on any atom is 0.225 e. The molecule has 7 heteroatoms. The van der Waals surface area contributed by atoms with E-state index in [1.165, 1.54) is 11.1 Å². The first-order valence-corrected chi connectivity index (χ1v) is 9.89. The average molecular weight is 395 g/mol. The highest BCUT2D eigenvalue weighted by molar-refractivity contribution is 7.98. The van der Waals surface area contributed by atoms with Crippen molar-refractivity contribution >= 4 is 30.1 Å². The van der Waals surface area contributed by atoms with Crippen LogP contribution in [-0.2, 0) is 17.6 Å². The minimum atomic E-state index is -0.00806. The Labute approximate surface area is 165 Å². The van der Waals surface area contributed by atoms with Crippen molar-refractivity contribution in [3.05, 3.63) is 53.3 Å². The second-order valence-corrected chi connectivity index (χ2v) is 7.75. The van der Waals surface area contributed by atoms with Crippen molar-refractivity contribution in [2.45, 2.75) is 18.6 Å². The fourth-order valence-corrected chi connectivity index (χ4v) is 4.01. The summed E-state index contributed by atoms with van der Waals surface area (Å²) in [5.74, 6) is 2.27. The fraction of sp³-hybridized carbons (Fsp3) is 0.474. The van der Waals surface area contributed by atoms with E-state index in [2.05, 4.69) is 46.9 Å². The third kappa shape index (κ3) is 5.50. The number of aryl methyl sites for hydroxylation is 2. The number of benzene rings is 1. The number of amides is 1. The first-order chi connectivity index (χ1) is 12.1. The lowest BCUT2D eigenvalue weighted by molar-refractivity contribution is -0.124. The number of carbonyl (C=O) groups excluding carboxylic acids is 1. The van der Waals surface area contributed by atoms with Crippen LogP contribution in [-0.4, -0.2) is 41.1 Å². The third-order valence-electron chi connectivity index (χ3n) is 4.64. The molecule has 1 aliphatic rings. The number of thioether (sulfide) groups is 1. The van der Waals surface area contributed by atoms with E-state index in [4.69, 9.17) is 0 Å². The van der Waals surface area contributed by atoms with Gasteiger partial charge in [0, 0.05) is 50.3 Å². The van der Waals surface area contributed by atoms with Crippen LogP contribution < -0.4 is 10.6 Å². The third-order valence-corrected chi connectivity index (χ3v) is 5.67. The van der Waals surface area contributed by atoms with Crippen LogP contribution in [0.25, 0.3) is 0 Å². The van der Waals surface area contributed by atoms with E-state index < -0.39 is 0 Å². The Bertz CT molecular complexity index is 704. The Balaban J connectivity index is 0.00000243. The summed E-state index contributed by atoms with van der Waals surface area (Å²) in [4.78, 5) is 12.5. The van der Waals surface area contributed by atoms with Gasteiger partial charge in [-0.3, -0.25) is 9.48 Å². The van der Waals surface area contributed by atoms with Crippen molar-refractivity contribution in [2.75, 3.05) is 25.4 Å². The van der Waals surface area contributed by atoms with Gasteiger partial charge in [-0.2, -0.15) is 16.9 Å². The second-order valence-electron chi connectivity index (χ2n) is 6.65. The van der Waals surface area contributed by atoms with Crippen LogP contribution in [0, 0.1) is 12.8 Å². The van der Waals surface area contributed by atoms with Crippen LogP contribution in [0.2, 0.25) is 0 Å². The normalized spacial score (nSPS) is 19.2. The Kier molecular flexibility index (Phi) is 8.00. The molecule has 1 aliphatic heterocycles. The number of rotatable bonds is 7. The van der Waals surface area contributed by atoms with Gasteiger partial charge in [0.05, 0.1) is 12.1 Å². The van der Waals surface area contributed by atoms with Gasteiger partial charge < -0.3 is 10.6 Å². The SMILES string of the molecule is Cc1ccc(CSCCNC(=O)[C@H]2CNC[C@@H]2c2cnn(C)c2)cc1.Cl. The number of hydrogen-bond donors (Lipinski definition) is 2. The lowest BCUT2D eigenvalue weighted by Gasteiger charge is -2.17. The van der Waals surface area contributed by atoms with Crippen molar-refractivity contribution < 1.29 is 4.79 Å². The van der Waals surface area contributed by atoms with Gasteiger partial charge in [-0.25, -0.2) is 0 Å². The van der Waals surface area contributed by atoms with Gasteiger partial charge >= 0.3 is 0 Å². The molecule has 1 saturated heterocycles. The minimum absolute atomic E-state index is 0. The molecular formula is C19H27ClN4OS. The molecule has 26 heavy (non-hydrogen) atoms. The van der Waals surface area contributed by atoms with Crippen molar-refractivity contribution in [3.8, 4) is 0 Å². The molecule has 5 nitrogen and oxygen atoms in total. The molecule has 2 atom stereocenters. The molecule has 2 heterocycles. The average Bonchev–Trinajstić information content (AvgIpc) is 3.24.